The van der Waals surface area contributed by atoms with Gasteiger partial charge < -0.3 is 23.9 Å². The monoisotopic (exact) mass is 455 g/mol. The molecule has 1 heterocycles. The number of fused-ring (bicyclic) bond motifs is 1. The Bertz CT molecular complexity index is 1040. The molecule has 33 heavy (non-hydrogen) atoms. The van der Waals surface area contributed by atoms with Gasteiger partial charge in [0.2, 0.25) is 0 Å². The van der Waals surface area contributed by atoms with E-state index in [1.165, 1.54) is 50.2 Å². The molecule has 1 aliphatic rings. The molecule has 0 atom stereocenters. The van der Waals surface area contributed by atoms with Crippen molar-refractivity contribution in [1.29, 1.82) is 0 Å². The Balaban J connectivity index is 1.82. The first-order valence-corrected chi connectivity index (χ1v) is 11.4. The molecular formula is C26H33NO6. The second kappa shape index (κ2) is 11.5. The molecule has 178 valence electrons. The second-order valence-corrected chi connectivity index (χ2v) is 8.32. The first kappa shape index (κ1) is 23.6. The number of rotatable bonds is 11. The molecule has 0 saturated heterocycles. The summed E-state index contributed by atoms with van der Waals surface area (Å²) in [6.45, 7) is 0.723. The molecular weight excluding hydrogens is 422 g/mol. The molecule has 1 aliphatic carbocycles. The third-order valence-corrected chi connectivity index (χ3v) is 6.16. The van der Waals surface area contributed by atoms with E-state index in [0.717, 1.165) is 22.3 Å². The van der Waals surface area contributed by atoms with Crippen molar-refractivity contribution >= 4 is 10.9 Å². The van der Waals surface area contributed by atoms with Gasteiger partial charge in [0, 0.05) is 36.8 Å². The normalized spacial score (nSPS) is 14.6. The number of nitrogens with one attached hydrogen (secondary N) is 1. The summed E-state index contributed by atoms with van der Waals surface area (Å²) in [7, 11) is 4.74. The largest absolute Gasteiger partial charge is 0.467 e. The molecule has 0 unspecified atom stereocenters. The maximum Gasteiger partial charge on any atom is 0.188 e. The predicted octanol–water partition coefficient (Wildman–Crippen LogP) is 5.93. The van der Waals surface area contributed by atoms with E-state index in [2.05, 4.69) is 23.2 Å². The zero-order valence-electron chi connectivity index (χ0n) is 19.6. The molecule has 0 radical (unpaired) electrons. The van der Waals surface area contributed by atoms with Crippen LogP contribution in [0.4, 0.5) is 0 Å². The zero-order chi connectivity index (χ0) is 23.0. The van der Waals surface area contributed by atoms with Crippen molar-refractivity contribution in [2.24, 2.45) is 0 Å². The molecule has 0 aliphatic heterocycles. The Labute approximate surface area is 194 Å². The lowest BCUT2D eigenvalue weighted by atomic mass is 9.81. The van der Waals surface area contributed by atoms with E-state index in [9.17, 15) is 0 Å². The van der Waals surface area contributed by atoms with Crippen molar-refractivity contribution in [2.75, 3.05) is 34.9 Å². The van der Waals surface area contributed by atoms with Crippen molar-refractivity contribution in [1.82, 2.24) is 4.98 Å². The Hall–Kier alpha value is -2.58. The Morgan fingerprint density at radius 1 is 0.879 bits per heavy atom. The molecule has 0 amide bonds. The minimum Gasteiger partial charge on any atom is -0.467 e. The average Bonchev–Trinajstić information content (AvgIpc) is 3.24. The lowest BCUT2D eigenvalue weighted by molar-refractivity contribution is -0.282. The summed E-state index contributed by atoms with van der Waals surface area (Å²) in [6, 6.07) is 12.3. The van der Waals surface area contributed by atoms with Crippen LogP contribution < -0.4 is 9.47 Å². The number of benzene rings is 2. The van der Waals surface area contributed by atoms with Crippen molar-refractivity contribution in [2.45, 2.75) is 44.6 Å². The molecule has 7 nitrogen and oxygen atoms in total. The van der Waals surface area contributed by atoms with Gasteiger partial charge in [-0.2, -0.15) is 0 Å². The van der Waals surface area contributed by atoms with Crippen molar-refractivity contribution in [3.63, 3.8) is 0 Å². The molecule has 2 aromatic carbocycles. The van der Waals surface area contributed by atoms with Gasteiger partial charge in [-0.05, 0) is 48.1 Å². The van der Waals surface area contributed by atoms with E-state index in [1.54, 1.807) is 14.2 Å². The van der Waals surface area contributed by atoms with Crippen LogP contribution in [0, 0.1) is 0 Å². The molecule has 0 spiro atoms. The summed E-state index contributed by atoms with van der Waals surface area (Å²) < 4.78 is 21.9. The van der Waals surface area contributed by atoms with Gasteiger partial charge in [-0.1, -0.05) is 31.4 Å². The van der Waals surface area contributed by atoms with E-state index in [1.807, 2.05) is 18.2 Å². The van der Waals surface area contributed by atoms with E-state index in [-0.39, 0.29) is 13.6 Å². The Kier molecular flexibility index (Phi) is 8.23. The van der Waals surface area contributed by atoms with E-state index in [4.69, 9.17) is 28.7 Å². The van der Waals surface area contributed by atoms with Crippen molar-refractivity contribution < 1.29 is 28.7 Å². The summed E-state index contributed by atoms with van der Waals surface area (Å²) >= 11 is 0. The third-order valence-electron chi connectivity index (χ3n) is 6.16. The van der Waals surface area contributed by atoms with Gasteiger partial charge in [-0.25, -0.2) is 9.78 Å². The number of ether oxygens (including phenoxy) is 4. The van der Waals surface area contributed by atoms with Crippen molar-refractivity contribution in [3.05, 3.63) is 47.5 Å². The second-order valence-electron chi connectivity index (χ2n) is 8.32. The van der Waals surface area contributed by atoms with Gasteiger partial charge in [-0.15, -0.1) is 0 Å². The van der Waals surface area contributed by atoms with Crippen LogP contribution in [0.3, 0.4) is 0 Å². The maximum atomic E-state index is 5.98. The van der Waals surface area contributed by atoms with Gasteiger partial charge in [0.1, 0.15) is 18.1 Å². The molecule has 0 bridgehead atoms. The van der Waals surface area contributed by atoms with Gasteiger partial charge in [-0.3, -0.25) is 0 Å². The fourth-order valence-electron chi connectivity index (χ4n) is 4.68. The highest BCUT2D eigenvalue weighted by molar-refractivity contribution is 5.93. The molecule has 1 fully saturated rings. The van der Waals surface area contributed by atoms with Crippen LogP contribution in [0.5, 0.6) is 11.5 Å². The van der Waals surface area contributed by atoms with E-state index < -0.39 is 0 Å². The van der Waals surface area contributed by atoms with E-state index in [0.29, 0.717) is 24.0 Å². The van der Waals surface area contributed by atoms with Crippen LogP contribution in [0.1, 0.15) is 49.1 Å². The maximum absolute atomic E-state index is 5.98. The highest BCUT2D eigenvalue weighted by Crippen LogP contribution is 2.45. The van der Waals surface area contributed by atoms with Crippen LogP contribution in [0.15, 0.2) is 36.4 Å². The van der Waals surface area contributed by atoms with Gasteiger partial charge >= 0.3 is 0 Å². The predicted molar refractivity (Wildman–Crippen MR) is 126 cm³/mol. The Morgan fingerprint density at radius 3 is 2.42 bits per heavy atom. The summed E-state index contributed by atoms with van der Waals surface area (Å²) in [4.78, 5) is 13.6. The fraction of sp³-hybridized carbons (Fsp3) is 0.462. The van der Waals surface area contributed by atoms with Gasteiger partial charge in [0.15, 0.2) is 13.6 Å². The minimum absolute atomic E-state index is 0.151. The number of hydrogen-bond acceptors (Lipinski definition) is 6. The summed E-state index contributed by atoms with van der Waals surface area (Å²) in [5.41, 5.74) is 5.57. The quantitative estimate of drug-likeness (QED) is 0.220. The van der Waals surface area contributed by atoms with Crippen LogP contribution in [-0.4, -0.2) is 39.9 Å². The number of aromatic nitrogens is 1. The first-order chi connectivity index (χ1) is 16.2. The zero-order valence-corrected chi connectivity index (χ0v) is 19.6. The highest BCUT2D eigenvalue weighted by Gasteiger charge is 2.25. The number of hydrogen-bond donors (Lipinski definition) is 1. The highest BCUT2D eigenvalue weighted by atomic mass is 17.2. The fourth-order valence-corrected chi connectivity index (χ4v) is 4.68. The smallest absolute Gasteiger partial charge is 0.188 e. The lowest BCUT2D eigenvalue weighted by Gasteiger charge is -2.23. The number of aromatic amines is 1. The van der Waals surface area contributed by atoms with Crippen LogP contribution >= 0.6 is 0 Å². The van der Waals surface area contributed by atoms with Gasteiger partial charge in [0.25, 0.3) is 0 Å². The average molecular weight is 456 g/mol. The topological polar surface area (TPSA) is 71.2 Å². The van der Waals surface area contributed by atoms with Crippen molar-refractivity contribution in [3.8, 4) is 22.8 Å². The SMILES string of the molecule is COCOc1ccc(-c2[nH]c3cc(COOC)ccc3c2C2CCCCC2)c(OCOC)c1. The molecule has 1 saturated carbocycles. The number of H-pyrrole nitrogens is 1. The molecule has 7 heteroatoms. The summed E-state index contributed by atoms with van der Waals surface area (Å²) in [5.74, 6) is 1.89. The molecule has 1 aromatic heterocycles. The third kappa shape index (κ3) is 5.50. The minimum atomic E-state index is 0.151. The molecule has 3 aromatic rings. The first-order valence-electron chi connectivity index (χ1n) is 11.4. The van der Waals surface area contributed by atoms with Crippen LogP contribution in [0.2, 0.25) is 0 Å². The van der Waals surface area contributed by atoms with E-state index >= 15 is 0 Å². The Morgan fingerprint density at radius 2 is 1.67 bits per heavy atom. The molecule has 4 rings (SSSR count). The lowest BCUT2D eigenvalue weighted by Crippen LogP contribution is -2.06. The van der Waals surface area contributed by atoms with Crippen LogP contribution in [0.25, 0.3) is 22.2 Å². The summed E-state index contributed by atoms with van der Waals surface area (Å²) in [5, 5.41) is 1.25. The van der Waals surface area contributed by atoms with Gasteiger partial charge in [0.05, 0.1) is 12.8 Å². The standard InChI is InChI=1S/C26H33NO6/c1-28-16-31-20-10-12-22(24(14-20)32-17-29-2)26-25(19-7-5-4-6-8-19)21-11-9-18(15-33-30-3)13-23(21)27-26/h9-14,19,27H,4-8,15-17H2,1-3H3. The van der Waals surface area contributed by atoms with Crippen LogP contribution in [-0.2, 0) is 25.9 Å². The molecule has 1 N–H and O–H groups in total. The summed E-state index contributed by atoms with van der Waals surface area (Å²) in [6.07, 6.45) is 6.21. The number of methoxy groups -OCH3 is 2.